The largest absolute Gasteiger partial charge is 0.490 e. The van der Waals surface area contributed by atoms with E-state index in [1.807, 2.05) is 36.3 Å². The minimum Gasteiger partial charge on any atom is -0.490 e. The van der Waals surface area contributed by atoms with Gasteiger partial charge in [-0.2, -0.15) is 0 Å². The van der Waals surface area contributed by atoms with E-state index in [-0.39, 0.29) is 24.1 Å². The molecule has 0 saturated carbocycles. The van der Waals surface area contributed by atoms with Crippen LogP contribution in [0.2, 0.25) is 0 Å². The van der Waals surface area contributed by atoms with Crippen LogP contribution in [-0.4, -0.2) is 40.6 Å². The third kappa shape index (κ3) is 4.01. The second kappa shape index (κ2) is 7.74. The second-order valence-electron chi connectivity index (χ2n) is 7.63. The van der Waals surface area contributed by atoms with Crippen molar-refractivity contribution in [3.05, 3.63) is 53.9 Å². The summed E-state index contributed by atoms with van der Waals surface area (Å²) in [6.07, 6.45) is 4.74. The standard InChI is InChI=1S/C21H28N4O2/c1-15-5-3-6-17(13-15)27-16-8-11-25(12-9-16)21(26)19-14-18(22-23-19)20-7-4-10-24(20)2/h3-7,10,13,16,18-19,22-23H,8-9,11-12,14H2,1-2H3. The topological polar surface area (TPSA) is 58.5 Å². The molecule has 2 unspecified atom stereocenters. The summed E-state index contributed by atoms with van der Waals surface area (Å²) < 4.78 is 8.20. The first kappa shape index (κ1) is 18.1. The van der Waals surface area contributed by atoms with E-state index in [2.05, 4.69) is 40.5 Å². The monoisotopic (exact) mass is 368 g/mol. The molecule has 0 radical (unpaired) electrons. The summed E-state index contributed by atoms with van der Waals surface area (Å²) in [6, 6.07) is 12.3. The molecule has 6 heteroatoms. The normalized spacial score (nSPS) is 23.6. The highest BCUT2D eigenvalue weighted by Gasteiger charge is 2.35. The van der Waals surface area contributed by atoms with Gasteiger partial charge in [-0.1, -0.05) is 12.1 Å². The fourth-order valence-corrected chi connectivity index (χ4v) is 4.04. The number of hydrogen-bond donors (Lipinski definition) is 2. The smallest absolute Gasteiger partial charge is 0.241 e. The number of nitrogens with zero attached hydrogens (tertiary/aromatic N) is 2. The molecule has 2 aliphatic rings. The molecule has 1 aromatic heterocycles. The SMILES string of the molecule is Cc1cccc(OC2CCN(C(=O)C3CC(c4cccn4C)NN3)CC2)c1. The summed E-state index contributed by atoms with van der Waals surface area (Å²) in [5, 5.41) is 0. The van der Waals surface area contributed by atoms with E-state index in [1.54, 1.807) is 0 Å². The Labute approximate surface area is 160 Å². The predicted octanol–water partition coefficient (Wildman–Crippen LogP) is 2.31. The molecule has 2 atom stereocenters. The lowest BCUT2D eigenvalue weighted by Gasteiger charge is -2.33. The van der Waals surface area contributed by atoms with E-state index in [0.29, 0.717) is 0 Å². The Kier molecular flexibility index (Phi) is 5.18. The Hall–Kier alpha value is -2.31. The van der Waals surface area contributed by atoms with Crippen LogP contribution in [-0.2, 0) is 11.8 Å². The van der Waals surface area contributed by atoms with Gasteiger partial charge in [-0.15, -0.1) is 0 Å². The quantitative estimate of drug-likeness (QED) is 0.870. The summed E-state index contributed by atoms with van der Waals surface area (Å²) in [5.41, 5.74) is 8.86. The zero-order valence-corrected chi connectivity index (χ0v) is 16.0. The molecule has 2 N–H and O–H groups in total. The Morgan fingerprint density at radius 1 is 1.15 bits per heavy atom. The summed E-state index contributed by atoms with van der Waals surface area (Å²) in [4.78, 5) is 14.9. The molecule has 2 aromatic rings. The molecule has 3 heterocycles. The van der Waals surface area contributed by atoms with Gasteiger partial charge < -0.3 is 14.2 Å². The fraction of sp³-hybridized carbons (Fsp3) is 0.476. The average Bonchev–Trinajstić information content (AvgIpc) is 3.30. The van der Waals surface area contributed by atoms with Gasteiger partial charge in [0.25, 0.3) is 0 Å². The Morgan fingerprint density at radius 3 is 2.67 bits per heavy atom. The van der Waals surface area contributed by atoms with Gasteiger partial charge in [-0.3, -0.25) is 4.79 Å². The molecule has 144 valence electrons. The number of aromatic nitrogens is 1. The molecule has 2 fully saturated rings. The molecular formula is C21H28N4O2. The maximum absolute atomic E-state index is 12.9. The lowest BCUT2D eigenvalue weighted by atomic mass is 10.0. The van der Waals surface area contributed by atoms with Gasteiger partial charge in [-0.05, 0) is 43.2 Å². The van der Waals surface area contributed by atoms with Crippen LogP contribution in [0, 0.1) is 6.92 Å². The maximum atomic E-state index is 12.9. The number of piperidine rings is 1. The van der Waals surface area contributed by atoms with E-state index in [1.165, 1.54) is 11.3 Å². The maximum Gasteiger partial charge on any atom is 0.241 e. The molecule has 2 aliphatic heterocycles. The van der Waals surface area contributed by atoms with E-state index in [9.17, 15) is 4.79 Å². The predicted molar refractivity (Wildman–Crippen MR) is 104 cm³/mol. The Bertz CT molecular complexity index is 795. The van der Waals surface area contributed by atoms with Gasteiger partial charge in [-0.25, -0.2) is 10.9 Å². The molecule has 0 bridgehead atoms. The van der Waals surface area contributed by atoms with Crippen molar-refractivity contribution in [2.24, 2.45) is 7.05 Å². The molecular weight excluding hydrogens is 340 g/mol. The van der Waals surface area contributed by atoms with Crippen LogP contribution in [0.3, 0.4) is 0 Å². The number of nitrogens with one attached hydrogen (secondary N) is 2. The van der Waals surface area contributed by atoms with E-state index in [0.717, 1.165) is 38.1 Å². The van der Waals surface area contributed by atoms with Gasteiger partial charge in [0.1, 0.15) is 17.9 Å². The molecule has 4 rings (SSSR count). The van der Waals surface area contributed by atoms with Gasteiger partial charge in [0.15, 0.2) is 0 Å². The first-order chi connectivity index (χ1) is 13.1. The number of hydrogen-bond acceptors (Lipinski definition) is 4. The minimum absolute atomic E-state index is 0.167. The lowest BCUT2D eigenvalue weighted by Crippen LogP contribution is -2.49. The van der Waals surface area contributed by atoms with Crippen LogP contribution < -0.4 is 15.6 Å². The number of rotatable bonds is 4. The van der Waals surface area contributed by atoms with Crippen molar-refractivity contribution in [1.82, 2.24) is 20.3 Å². The molecule has 27 heavy (non-hydrogen) atoms. The van der Waals surface area contributed by atoms with Crippen molar-refractivity contribution in [1.29, 1.82) is 0 Å². The number of hydrazine groups is 1. The van der Waals surface area contributed by atoms with Gasteiger partial charge >= 0.3 is 0 Å². The molecule has 0 spiro atoms. The summed E-state index contributed by atoms with van der Waals surface area (Å²) >= 11 is 0. The van der Waals surface area contributed by atoms with Crippen LogP contribution in [0.5, 0.6) is 5.75 Å². The first-order valence-electron chi connectivity index (χ1n) is 9.74. The molecule has 6 nitrogen and oxygen atoms in total. The average molecular weight is 368 g/mol. The molecule has 0 aliphatic carbocycles. The number of ether oxygens (including phenoxy) is 1. The fourth-order valence-electron chi connectivity index (χ4n) is 4.04. The highest BCUT2D eigenvalue weighted by molar-refractivity contribution is 5.82. The van der Waals surface area contributed by atoms with Crippen LogP contribution in [0.1, 0.15) is 36.6 Å². The van der Waals surface area contributed by atoms with Gasteiger partial charge in [0.2, 0.25) is 5.91 Å². The summed E-state index contributed by atoms with van der Waals surface area (Å²) in [5.74, 6) is 1.11. The summed E-state index contributed by atoms with van der Waals surface area (Å²) in [6.45, 7) is 3.57. The number of aryl methyl sites for hydroxylation is 2. The minimum atomic E-state index is -0.167. The highest BCUT2D eigenvalue weighted by atomic mass is 16.5. The highest BCUT2D eigenvalue weighted by Crippen LogP contribution is 2.25. The first-order valence-corrected chi connectivity index (χ1v) is 9.74. The van der Waals surface area contributed by atoms with Crippen molar-refractivity contribution in [3.8, 4) is 5.75 Å². The lowest BCUT2D eigenvalue weighted by molar-refractivity contribution is -0.135. The molecule has 1 aromatic carbocycles. The summed E-state index contributed by atoms with van der Waals surface area (Å²) in [7, 11) is 2.03. The molecule has 1 amide bonds. The van der Waals surface area contributed by atoms with E-state index < -0.39 is 0 Å². The third-order valence-corrected chi connectivity index (χ3v) is 5.59. The molecule has 2 saturated heterocycles. The van der Waals surface area contributed by atoms with Gasteiger partial charge in [0.05, 0.1) is 6.04 Å². The van der Waals surface area contributed by atoms with Crippen molar-refractivity contribution in [2.75, 3.05) is 13.1 Å². The van der Waals surface area contributed by atoms with Gasteiger partial charge in [0, 0.05) is 44.9 Å². The Morgan fingerprint density at radius 2 is 1.96 bits per heavy atom. The van der Waals surface area contributed by atoms with E-state index in [4.69, 9.17) is 4.74 Å². The van der Waals surface area contributed by atoms with Crippen LogP contribution >= 0.6 is 0 Å². The van der Waals surface area contributed by atoms with E-state index >= 15 is 0 Å². The van der Waals surface area contributed by atoms with Crippen LogP contribution in [0.15, 0.2) is 42.6 Å². The number of carbonyl (C=O) groups is 1. The third-order valence-electron chi connectivity index (χ3n) is 5.59. The van der Waals surface area contributed by atoms with Crippen molar-refractivity contribution >= 4 is 5.91 Å². The van der Waals surface area contributed by atoms with Crippen LogP contribution in [0.25, 0.3) is 0 Å². The second-order valence-corrected chi connectivity index (χ2v) is 7.63. The zero-order chi connectivity index (χ0) is 18.8. The number of carbonyl (C=O) groups excluding carboxylic acids is 1. The van der Waals surface area contributed by atoms with Crippen molar-refractivity contribution in [3.63, 3.8) is 0 Å². The van der Waals surface area contributed by atoms with Crippen molar-refractivity contribution < 1.29 is 9.53 Å². The number of benzene rings is 1. The Balaban J connectivity index is 1.28. The number of likely N-dealkylation sites (tertiary alicyclic amines) is 1. The van der Waals surface area contributed by atoms with Crippen molar-refractivity contribution in [2.45, 2.75) is 44.4 Å². The number of amides is 1. The zero-order valence-electron chi connectivity index (χ0n) is 16.0. The van der Waals surface area contributed by atoms with Crippen LogP contribution in [0.4, 0.5) is 0 Å².